The molecule has 1 atom stereocenters. The van der Waals surface area contributed by atoms with Crippen LogP contribution in [0.15, 0.2) is 41.1 Å². The predicted octanol–water partition coefficient (Wildman–Crippen LogP) is 3.74. The molecule has 1 unspecified atom stereocenters. The standard InChI is InChI=1S/C13H13BrFN3/c1-8(9-3-2-4-17-7-9)18-13-5-10(14)11(15)6-12(13)16/h2-8,18H,16H2,1H3. The zero-order valence-electron chi connectivity index (χ0n) is 9.82. The lowest BCUT2D eigenvalue weighted by molar-refractivity contribution is 0.622. The number of pyridine rings is 1. The van der Waals surface area contributed by atoms with E-state index in [1.54, 1.807) is 18.5 Å². The molecule has 1 heterocycles. The third-order valence-corrected chi connectivity index (χ3v) is 3.26. The highest BCUT2D eigenvalue weighted by Crippen LogP contribution is 2.29. The predicted molar refractivity (Wildman–Crippen MR) is 74.8 cm³/mol. The Bertz CT molecular complexity index is 545. The van der Waals surface area contributed by atoms with E-state index in [1.807, 2.05) is 19.1 Å². The lowest BCUT2D eigenvalue weighted by Gasteiger charge is -2.17. The van der Waals surface area contributed by atoms with E-state index in [2.05, 4.69) is 26.2 Å². The highest BCUT2D eigenvalue weighted by atomic mass is 79.9. The van der Waals surface area contributed by atoms with E-state index in [0.29, 0.717) is 15.8 Å². The second-order valence-corrected chi connectivity index (χ2v) is 4.86. The van der Waals surface area contributed by atoms with E-state index in [1.165, 1.54) is 6.07 Å². The lowest BCUT2D eigenvalue weighted by Crippen LogP contribution is -2.09. The summed E-state index contributed by atoms with van der Waals surface area (Å²) in [5.41, 5.74) is 7.89. The number of nitrogens with two attached hydrogens (primary N) is 1. The van der Waals surface area contributed by atoms with Crippen LogP contribution in [0.4, 0.5) is 15.8 Å². The monoisotopic (exact) mass is 309 g/mol. The van der Waals surface area contributed by atoms with Gasteiger partial charge in [0, 0.05) is 18.5 Å². The van der Waals surface area contributed by atoms with Crippen LogP contribution in [0.1, 0.15) is 18.5 Å². The van der Waals surface area contributed by atoms with Crippen LogP contribution in [0, 0.1) is 5.82 Å². The molecule has 3 nitrogen and oxygen atoms in total. The number of hydrogen-bond acceptors (Lipinski definition) is 3. The smallest absolute Gasteiger partial charge is 0.139 e. The van der Waals surface area contributed by atoms with Crippen LogP contribution in [0.5, 0.6) is 0 Å². The average Bonchev–Trinajstić information content (AvgIpc) is 2.37. The van der Waals surface area contributed by atoms with Gasteiger partial charge in [0.2, 0.25) is 0 Å². The molecule has 0 amide bonds. The van der Waals surface area contributed by atoms with E-state index in [9.17, 15) is 4.39 Å². The number of nitrogen functional groups attached to an aromatic ring is 1. The largest absolute Gasteiger partial charge is 0.397 e. The fourth-order valence-electron chi connectivity index (χ4n) is 1.64. The molecule has 94 valence electrons. The number of hydrogen-bond donors (Lipinski definition) is 2. The van der Waals surface area contributed by atoms with E-state index in [-0.39, 0.29) is 11.9 Å². The van der Waals surface area contributed by atoms with Crippen molar-refractivity contribution in [2.75, 3.05) is 11.1 Å². The van der Waals surface area contributed by atoms with Gasteiger partial charge in [-0.3, -0.25) is 4.98 Å². The zero-order chi connectivity index (χ0) is 13.1. The second-order valence-electron chi connectivity index (χ2n) is 4.01. The summed E-state index contributed by atoms with van der Waals surface area (Å²) in [5, 5.41) is 3.23. The molecule has 18 heavy (non-hydrogen) atoms. The topological polar surface area (TPSA) is 50.9 Å². The SMILES string of the molecule is CC(Nc1cc(Br)c(F)cc1N)c1cccnc1. The fourth-order valence-corrected chi connectivity index (χ4v) is 1.98. The first-order valence-corrected chi connectivity index (χ1v) is 6.28. The van der Waals surface area contributed by atoms with Gasteiger partial charge in [0.25, 0.3) is 0 Å². The Labute approximate surface area is 113 Å². The Morgan fingerprint density at radius 3 is 2.89 bits per heavy atom. The second kappa shape index (κ2) is 5.35. The molecular formula is C13H13BrFN3. The molecule has 0 saturated heterocycles. The molecule has 0 aliphatic heterocycles. The highest BCUT2D eigenvalue weighted by molar-refractivity contribution is 9.10. The van der Waals surface area contributed by atoms with Crippen molar-refractivity contribution in [3.05, 3.63) is 52.5 Å². The Balaban J connectivity index is 2.22. The number of anilines is 2. The number of halogens is 2. The maximum atomic E-state index is 13.3. The summed E-state index contributed by atoms with van der Waals surface area (Å²) < 4.78 is 13.6. The van der Waals surface area contributed by atoms with Gasteiger partial charge in [-0.05, 0) is 40.5 Å². The number of aromatic nitrogens is 1. The van der Waals surface area contributed by atoms with Crippen molar-refractivity contribution in [3.63, 3.8) is 0 Å². The van der Waals surface area contributed by atoms with Crippen molar-refractivity contribution in [1.29, 1.82) is 0 Å². The summed E-state index contributed by atoms with van der Waals surface area (Å²) in [6, 6.07) is 6.81. The van der Waals surface area contributed by atoms with Crippen LogP contribution in [0.25, 0.3) is 0 Å². The van der Waals surface area contributed by atoms with Crippen LogP contribution in [0.2, 0.25) is 0 Å². The minimum atomic E-state index is -0.368. The third kappa shape index (κ3) is 2.79. The lowest BCUT2D eigenvalue weighted by atomic mass is 10.1. The molecule has 0 bridgehead atoms. The molecule has 1 aromatic heterocycles. The summed E-state index contributed by atoms with van der Waals surface area (Å²) in [7, 11) is 0. The van der Waals surface area contributed by atoms with Gasteiger partial charge in [0.05, 0.1) is 21.9 Å². The minimum Gasteiger partial charge on any atom is -0.397 e. The van der Waals surface area contributed by atoms with Gasteiger partial charge in [-0.2, -0.15) is 0 Å². The van der Waals surface area contributed by atoms with E-state index in [0.717, 1.165) is 5.56 Å². The number of benzene rings is 1. The van der Waals surface area contributed by atoms with Crippen molar-refractivity contribution in [1.82, 2.24) is 4.98 Å². The van der Waals surface area contributed by atoms with E-state index >= 15 is 0 Å². The van der Waals surface area contributed by atoms with Crippen LogP contribution in [-0.4, -0.2) is 4.98 Å². The van der Waals surface area contributed by atoms with Gasteiger partial charge in [0.1, 0.15) is 5.82 Å². The molecule has 3 N–H and O–H groups in total. The van der Waals surface area contributed by atoms with Crippen molar-refractivity contribution < 1.29 is 4.39 Å². The molecule has 5 heteroatoms. The summed E-state index contributed by atoms with van der Waals surface area (Å²) >= 11 is 3.14. The van der Waals surface area contributed by atoms with Crippen LogP contribution >= 0.6 is 15.9 Å². The first-order valence-electron chi connectivity index (χ1n) is 5.49. The van der Waals surface area contributed by atoms with Crippen LogP contribution in [0.3, 0.4) is 0 Å². The molecule has 0 spiro atoms. The number of nitrogens with zero attached hydrogens (tertiary/aromatic N) is 1. The fraction of sp³-hybridized carbons (Fsp3) is 0.154. The van der Waals surface area contributed by atoms with Crippen LogP contribution in [-0.2, 0) is 0 Å². The van der Waals surface area contributed by atoms with Crippen molar-refractivity contribution >= 4 is 27.3 Å². The molecule has 2 rings (SSSR count). The Kier molecular flexibility index (Phi) is 3.81. The molecule has 2 aromatic rings. The molecule has 1 aromatic carbocycles. The van der Waals surface area contributed by atoms with Crippen molar-refractivity contribution in [2.45, 2.75) is 13.0 Å². The highest BCUT2D eigenvalue weighted by Gasteiger charge is 2.10. The summed E-state index contributed by atoms with van der Waals surface area (Å²) in [5.74, 6) is -0.368. The van der Waals surface area contributed by atoms with Crippen LogP contribution < -0.4 is 11.1 Å². The molecule has 0 fully saturated rings. The van der Waals surface area contributed by atoms with Gasteiger partial charge in [-0.1, -0.05) is 6.07 Å². The van der Waals surface area contributed by atoms with Gasteiger partial charge < -0.3 is 11.1 Å². The van der Waals surface area contributed by atoms with Gasteiger partial charge >= 0.3 is 0 Å². The maximum absolute atomic E-state index is 13.3. The van der Waals surface area contributed by atoms with Gasteiger partial charge in [-0.25, -0.2) is 4.39 Å². The van der Waals surface area contributed by atoms with Crippen molar-refractivity contribution in [2.24, 2.45) is 0 Å². The van der Waals surface area contributed by atoms with Gasteiger partial charge in [-0.15, -0.1) is 0 Å². The van der Waals surface area contributed by atoms with Crippen molar-refractivity contribution in [3.8, 4) is 0 Å². The van der Waals surface area contributed by atoms with E-state index in [4.69, 9.17) is 5.73 Å². The molecule has 0 saturated carbocycles. The minimum absolute atomic E-state index is 0.0401. The zero-order valence-corrected chi connectivity index (χ0v) is 11.4. The Morgan fingerprint density at radius 1 is 1.44 bits per heavy atom. The summed E-state index contributed by atoms with van der Waals surface area (Å²) in [6.45, 7) is 1.99. The third-order valence-electron chi connectivity index (χ3n) is 2.65. The summed E-state index contributed by atoms with van der Waals surface area (Å²) in [4.78, 5) is 4.06. The Hall–Kier alpha value is -1.62. The quantitative estimate of drug-likeness (QED) is 0.849. The normalized spacial score (nSPS) is 12.2. The number of nitrogens with one attached hydrogen (secondary N) is 1. The first-order chi connectivity index (χ1) is 8.58. The summed E-state index contributed by atoms with van der Waals surface area (Å²) in [6.07, 6.45) is 3.51. The molecule has 0 radical (unpaired) electrons. The van der Waals surface area contributed by atoms with E-state index < -0.39 is 0 Å². The first kappa shape index (κ1) is 12.8. The van der Waals surface area contributed by atoms with Gasteiger partial charge in [0.15, 0.2) is 0 Å². The average molecular weight is 310 g/mol. The molecular weight excluding hydrogens is 297 g/mol. The maximum Gasteiger partial charge on any atom is 0.139 e. The molecule has 0 aliphatic carbocycles. The molecule has 0 aliphatic rings. The Morgan fingerprint density at radius 2 is 2.22 bits per heavy atom. The number of rotatable bonds is 3.